The molecule has 3 heteroatoms. The van der Waals surface area contributed by atoms with Crippen molar-refractivity contribution in [2.45, 2.75) is 33.4 Å². The van der Waals surface area contributed by atoms with Crippen LogP contribution in [0, 0.1) is 6.92 Å². The zero-order valence-electron chi connectivity index (χ0n) is 10.8. The molecule has 16 heavy (non-hydrogen) atoms. The lowest BCUT2D eigenvalue weighted by Gasteiger charge is -2.16. The molecule has 0 aliphatic heterocycles. The normalized spacial score (nSPS) is 10.6. The molecule has 0 saturated carbocycles. The predicted octanol–water partition coefficient (Wildman–Crippen LogP) is 2.51. The SMILES string of the molecule is COc1ccc(CNC(C)C)c(OC)c1C. The molecule has 0 aliphatic rings. The summed E-state index contributed by atoms with van der Waals surface area (Å²) in [5.74, 6) is 1.78. The first-order valence-electron chi connectivity index (χ1n) is 5.54. The Morgan fingerprint density at radius 1 is 1.19 bits per heavy atom. The maximum Gasteiger partial charge on any atom is 0.129 e. The highest BCUT2D eigenvalue weighted by Crippen LogP contribution is 2.31. The van der Waals surface area contributed by atoms with Gasteiger partial charge in [0.15, 0.2) is 0 Å². The van der Waals surface area contributed by atoms with Crippen LogP contribution in [0.25, 0.3) is 0 Å². The minimum atomic E-state index is 0.465. The zero-order valence-corrected chi connectivity index (χ0v) is 10.8. The Kier molecular flexibility index (Phi) is 4.62. The Bertz CT molecular complexity index is 348. The second-order valence-corrected chi connectivity index (χ2v) is 4.12. The summed E-state index contributed by atoms with van der Waals surface area (Å²) >= 11 is 0. The third-order valence-corrected chi connectivity index (χ3v) is 2.56. The molecule has 1 N–H and O–H groups in total. The molecule has 0 amide bonds. The van der Waals surface area contributed by atoms with Crippen molar-refractivity contribution < 1.29 is 9.47 Å². The van der Waals surface area contributed by atoms with Gasteiger partial charge in [0, 0.05) is 23.7 Å². The molecule has 0 spiro atoms. The number of hydrogen-bond donors (Lipinski definition) is 1. The van der Waals surface area contributed by atoms with Crippen LogP contribution in [0.1, 0.15) is 25.0 Å². The topological polar surface area (TPSA) is 30.5 Å². The first kappa shape index (κ1) is 12.8. The van der Waals surface area contributed by atoms with E-state index >= 15 is 0 Å². The van der Waals surface area contributed by atoms with Crippen molar-refractivity contribution in [1.82, 2.24) is 5.32 Å². The Balaban J connectivity index is 2.96. The van der Waals surface area contributed by atoms with E-state index in [0.29, 0.717) is 6.04 Å². The number of ether oxygens (including phenoxy) is 2. The second-order valence-electron chi connectivity index (χ2n) is 4.12. The lowest BCUT2D eigenvalue weighted by Crippen LogP contribution is -2.22. The molecule has 90 valence electrons. The van der Waals surface area contributed by atoms with Crippen LogP contribution >= 0.6 is 0 Å². The molecular formula is C13H21NO2. The van der Waals surface area contributed by atoms with Gasteiger partial charge in [-0.05, 0) is 13.0 Å². The van der Waals surface area contributed by atoms with Crippen LogP contribution in [0.4, 0.5) is 0 Å². The van der Waals surface area contributed by atoms with E-state index < -0.39 is 0 Å². The van der Waals surface area contributed by atoms with Gasteiger partial charge >= 0.3 is 0 Å². The largest absolute Gasteiger partial charge is 0.496 e. The van der Waals surface area contributed by atoms with E-state index in [1.165, 1.54) is 0 Å². The maximum atomic E-state index is 5.43. The molecular weight excluding hydrogens is 202 g/mol. The van der Waals surface area contributed by atoms with Gasteiger partial charge in [0.05, 0.1) is 14.2 Å². The van der Waals surface area contributed by atoms with Crippen LogP contribution in [0.2, 0.25) is 0 Å². The van der Waals surface area contributed by atoms with Crippen LogP contribution < -0.4 is 14.8 Å². The quantitative estimate of drug-likeness (QED) is 0.832. The van der Waals surface area contributed by atoms with E-state index in [1.807, 2.05) is 19.1 Å². The molecule has 0 heterocycles. The predicted molar refractivity (Wildman–Crippen MR) is 66.3 cm³/mol. The van der Waals surface area contributed by atoms with Crippen molar-refractivity contribution in [3.63, 3.8) is 0 Å². The Labute approximate surface area is 97.8 Å². The summed E-state index contributed by atoms with van der Waals surface area (Å²) in [6.45, 7) is 7.08. The Hall–Kier alpha value is -1.22. The van der Waals surface area contributed by atoms with Gasteiger partial charge in [-0.15, -0.1) is 0 Å². The van der Waals surface area contributed by atoms with Crippen molar-refractivity contribution in [3.05, 3.63) is 23.3 Å². The fourth-order valence-electron chi connectivity index (χ4n) is 1.69. The monoisotopic (exact) mass is 223 g/mol. The van der Waals surface area contributed by atoms with E-state index in [2.05, 4.69) is 19.2 Å². The summed E-state index contributed by atoms with van der Waals surface area (Å²) in [6, 6.07) is 4.49. The molecule has 1 aromatic rings. The smallest absolute Gasteiger partial charge is 0.129 e. The number of methoxy groups -OCH3 is 2. The highest BCUT2D eigenvalue weighted by molar-refractivity contribution is 5.49. The number of benzene rings is 1. The summed E-state index contributed by atoms with van der Waals surface area (Å²) in [7, 11) is 3.37. The van der Waals surface area contributed by atoms with Crippen LogP contribution in [0.3, 0.4) is 0 Å². The fourth-order valence-corrected chi connectivity index (χ4v) is 1.69. The van der Waals surface area contributed by atoms with E-state index in [-0.39, 0.29) is 0 Å². The van der Waals surface area contributed by atoms with Gasteiger partial charge < -0.3 is 14.8 Å². The van der Waals surface area contributed by atoms with Gasteiger partial charge in [-0.2, -0.15) is 0 Å². The molecule has 0 bridgehead atoms. The van der Waals surface area contributed by atoms with Crippen molar-refractivity contribution in [2.75, 3.05) is 14.2 Å². The molecule has 3 nitrogen and oxygen atoms in total. The summed E-state index contributed by atoms with van der Waals surface area (Å²) in [4.78, 5) is 0. The number of rotatable bonds is 5. The molecule has 0 radical (unpaired) electrons. The first-order valence-corrected chi connectivity index (χ1v) is 5.54. The highest BCUT2D eigenvalue weighted by atomic mass is 16.5. The van der Waals surface area contributed by atoms with Crippen molar-refractivity contribution >= 4 is 0 Å². The van der Waals surface area contributed by atoms with E-state index in [4.69, 9.17) is 9.47 Å². The van der Waals surface area contributed by atoms with Gasteiger partial charge in [0.25, 0.3) is 0 Å². The first-order chi connectivity index (χ1) is 7.60. The summed E-state index contributed by atoms with van der Waals surface area (Å²) in [5, 5.41) is 3.38. The van der Waals surface area contributed by atoms with E-state index in [9.17, 15) is 0 Å². The van der Waals surface area contributed by atoms with Gasteiger partial charge in [-0.25, -0.2) is 0 Å². The molecule has 0 unspecified atom stereocenters. The van der Waals surface area contributed by atoms with E-state index in [0.717, 1.165) is 29.2 Å². The molecule has 1 rings (SSSR count). The van der Waals surface area contributed by atoms with Crippen LogP contribution in [0.5, 0.6) is 11.5 Å². The van der Waals surface area contributed by atoms with Crippen LogP contribution in [0.15, 0.2) is 12.1 Å². The van der Waals surface area contributed by atoms with Crippen molar-refractivity contribution in [3.8, 4) is 11.5 Å². The van der Waals surface area contributed by atoms with Gasteiger partial charge in [0.2, 0.25) is 0 Å². The molecule has 0 saturated heterocycles. The van der Waals surface area contributed by atoms with Crippen molar-refractivity contribution in [2.24, 2.45) is 0 Å². The van der Waals surface area contributed by atoms with Crippen molar-refractivity contribution in [1.29, 1.82) is 0 Å². The maximum absolute atomic E-state index is 5.43. The van der Waals surface area contributed by atoms with Gasteiger partial charge in [-0.1, -0.05) is 19.9 Å². The van der Waals surface area contributed by atoms with Gasteiger partial charge in [-0.3, -0.25) is 0 Å². The molecule has 0 atom stereocenters. The third kappa shape index (κ3) is 2.89. The fraction of sp³-hybridized carbons (Fsp3) is 0.538. The minimum absolute atomic E-state index is 0.465. The summed E-state index contributed by atoms with van der Waals surface area (Å²) < 4.78 is 10.7. The third-order valence-electron chi connectivity index (χ3n) is 2.56. The molecule has 1 aromatic carbocycles. The molecule has 0 aromatic heterocycles. The van der Waals surface area contributed by atoms with Gasteiger partial charge in [0.1, 0.15) is 11.5 Å². The lowest BCUT2D eigenvalue weighted by atomic mass is 10.1. The molecule has 0 aliphatic carbocycles. The second kappa shape index (κ2) is 5.75. The summed E-state index contributed by atoms with van der Waals surface area (Å²) in [5.41, 5.74) is 2.21. The standard InChI is InChI=1S/C13H21NO2/c1-9(2)14-8-11-6-7-12(15-4)10(3)13(11)16-5/h6-7,9,14H,8H2,1-5H3. The van der Waals surface area contributed by atoms with Crippen LogP contribution in [-0.4, -0.2) is 20.3 Å². The molecule has 0 fully saturated rings. The highest BCUT2D eigenvalue weighted by Gasteiger charge is 2.10. The van der Waals surface area contributed by atoms with E-state index in [1.54, 1.807) is 14.2 Å². The lowest BCUT2D eigenvalue weighted by molar-refractivity contribution is 0.383. The Morgan fingerprint density at radius 3 is 2.38 bits per heavy atom. The minimum Gasteiger partial charge on any atom is -0.496 e. The average Bonchev–Trinajstić information content (AvgIpc) is 2.26. The average molecular weight is 223 g/mol. The number of hydrogen-bond acceptors (Lipinski definition) is 3. The summed E-state index contributed by atoms with van der Waals surface area (Å²) in [6.07, 6.45) is 0. The zero-order chi connectivity index (χ0) is 12.1. The van der Waals surface area contributed by atoms with Crippen LogP contribution in [-0.2, 0) is 6.54 Å². The Morgan fingerprint density at radius 2 is 1.88 bits per heavy atom. The number of nitrogens with one attached hydrogen (secondary N) is 1.